The van der Waals surface area contributed by atoms with Gasteiger partial charge in [-0.05, 0) is 0 Å². The molecule has 0 bridgehead atoms. The average Bonchev–Trinajstić information content (AvgIpc) is 2.18. The van der Waals surface area contributed by atoms with E-state index in [-0.39, 0.29) is 13.2 Å². The highest BCUT2D eigenvalue weighted by atomic mass is 16.5. The van der Waals surface area contributed by atoms with Gasteiger partial charge in [-0.15, -0.1) is 0 Å². The Balaban J connectivity index is 0. The van der Waals surface area contributed by atoms with Gasteiger partial charge in [-0.1, -0.05) is 11.8 Å². The van der Waals surface area contributed by atoms with Gasteiger partial charge in [0.25, 0.3) is 0 Å². The summed E-state index contributed by atoms with van der Waals surface area (Å²) in [4.78, 5) is 0. The smallest absolute Gasteiger partial charge is 0.129 e. The maximum absolute atomic E-state index is 8.17. The number of hydrogen-bond donors (Lipinski definition) is 3. The summed E-state index contributed by atoms with van der Waals surface area (Å²) in [6, 6.07) is 0. The van der Waals surface area contributed by atoms with Gasteiger partial charge in [0.1, 0.15) is 18.3 Å². The lowest BCUT2D eigenvalue weighted by Crippen LogP contribution is -2.15. The van der Waals surface area contributed by atoms with Crippen LogP contribution in [0.25, 0.3) is 0 Å². The monoisotopic (exact) mass is 186 g/mol. The van der Waals surface area contributed by atoms with E-state index in [2.05, 4.69) is 28.8 Å². The van der Waals surface area contributed by atoms with E-state index in [9.17, 15) is 0 Å². The van der Waals surface area contributed by atoms with Crippen molar-refractivity contribution in [3.8, 4) is 24.1 Å². The summed E-state index contributed by atoms with van der Waals surface area (Å²) < 4.78 is 4.41. The quantitative estimate of drug-likeness (QED) is 0.499. The van der Waals surface area contributed by atoms with Gasteiger partial charge >= 0.3 is 0 Å². The lowest BCUT2D eigenvalue weighted by molar-refractivity contribution is 0.0450. The molecule has 0 saturated carbocycles. The van der Waals surface area contributed by atoms with Crippen molar-refractivity contribution in [2.75, 3.05) is 13.2 Å². The fourth-order valence-corrected chi connectivity index (χ4v) is 0.185. The maximum atomic E-state index is 8.17. The molecule has 4 nitrogen and oxygen atoms in total. The second-order valence-electron chi connectivity index (χ2n) is 1.83. The molecular weight excluding hydrogens is 172 g/mol. The summed E-state index contributed by atoms with van der Waals surface area (Å²) in [5, 5.41) is 24.0. The molecule has 0 aliphatic rings. The molecular formula is C9H14O4. The first kappa shape index (κ1) is 14.3. The third kappa shape index (κ3) is 18.1. The first-order valence-corrected chi connectivity index (χ1v) is 3.62. The minimum Gasteiger partial charge on any atom is -0.394 e. The predicted octanol–water partition coefficient (Wildman–Crippen LogP) is -0.704. The van der Waals surface area contributed by atoms with Gasteiger partial charge in [-0.3, -0.25) is 0 Å². The number of aliphatic hydroxyl groups excluding tert-OH is 3. The highest BCUT2D eigenvalue weighted by Crippen LogP contribution is 1.71. The zero-order chi connectivity index (χ0) is 10.5. The molecule has 0 radical (unpaired) electrons. The molecule has 0 fully saturated rings. The molecule has 0 aliphatic heterocycles. The summed E-state index contributed by atoms with van der Waals surface area (Å²) in [5.41, 5.74) is 0. The molecule has 13 heavy (non-hydrogen) atoms. The Hall–Kier alpha value is -1.20. The molecule has 0 rings (SSSR count). The molecule has 0 spiro atoms. The van der Waals surface area contributed by atoms with Crippen molar-refractivity contribution in [1.82, 2.24) is 0 Å². The summed E-state index contributed by atoms with van der Waals surface area (Å²) >= 11 is 0. The first-order valence-electron chi connectivity index (χ1n) is 3.62. The van der Waals surface area contributed by atoms with Crippen LogP contribution in [0.3, 0.4) is 0 Å². The molecule has 0 aromatic rings. The highest BCUT2D eigenvalue weighted by Gasteiger charge is 1.93. The van der Waals surface area contributed by atoms with Crippen LogP contribution in [-0.4, -0.2) is 34.6 Å². The van der Waals surface area contributed by atoms with E-state index in [1.807, 2.05) is 0 Å². The zero-order valence-corrected chi connectivity index (χ0v) is 7.74. The summed E-state index contributed by atoms with van der Waals surface area (Å²) in [7, 11) is 0. The molecule has 0 aromatic heterocycles. The highest BCUT2D eigenvalue weighted by molar-refractivity contribution is 4.94. The van der Waals surface area contributed by atoms with Crippen LogP contribution in [0.2, 0.25) is 0 Å². The Kier molecular flexibility index (Phi) is 14.8. The van der Waals surface area contributed by atoms with E-state index in [1.165, 1.54) is 0 Å². The topological polar surface area (TPSA) is 69.9 Å². The van der Waals surface area contributed by atoms with Crippen molar-refractivity contribution in [2.24, 2.45) is 0 Å². The molecule has 0 heterocycles. The SMILES string of the molecule is CC#COC#CC.OCC(O)CO. The maximum Gasteiger partial charge on any atom is 0.129 e. The van der Waals surface area contributed by atoms with E-state index in [0.29, 0.717) is 0 Å². The fraction of sp³-hybridized carbons (Fsp3) is 0.556. The minimum absolute atomic E-state index is 0.365. The van der Waals surface area contributed by atoms with E-state index in [0.717, 1.165) is 0 Å². The van der Waals surface area contributed by atoms with Crippen LogP contribution in [0.4, 0.5) is 0 Å². The van der Waals surface area contributed by atoms with Gasteiger partial charge < -0.3 is 20.1 Å². The molecule has 0 aliphatic carbocycles. The molecule has 0 saturated heterocycles. The minimum atomic E-state index is -0.954. The first-order chi connectivity index (χ1) is 6.22. The van der Waals surface area contributed by atoms with Crippen LogP contribution in [-0.2, 0) is 4.74 Å². The van der Waals surface area contributed by atoms with Crippen LogP contribution in [0.1, 0.15) is 13.8 Å². The van der Waals surface area contributed by atoms with Gasteiger partial charge in [0.05, 0.1) is 13.2 Å². The second kappa shape index (κ2) is 13.4. The van der Waals surface area contributed by atoms with Crippen LogP contribution in [0, 0.1) is 24.1 Å². The molecule has 74 valence electrons. The lowest BCUT2D eigenvalue weighted by atomic mass is 10.4. The van der Waals surface area contributed by atoms with Crippen molar-refractivity contribution in [1.29, 1.82) is 0 Å². The van der Waals surface area contributed by atoms with Gasteiger partial charge in [0.2, 0.25) is 0 Å². The zero-order valence-electron chi connectivity index (χ0n) is 7.74. The molecule has 3 N–H and O–H groups in total. The van der Waals surface area contributed by atoms with E-state index < -0.39 is 6.10 Å². The van der Waals surface area contributed by atoms with Gasteiger partial charge in [0.15, 0.2) is 0 Å². The average molecular weight is 186 g/mol. The lowest BCUT2D eigenvalue weighted by Gasteiger charge is -1.96. The number of ether oxygens (including phenoxy) is 1. The third-order valence-corrected chi connectivity index (χ3v) is 0.728. The van der Waals surface area contributed by atoms with Gasteiger partial charge in [-0.2, -0.15) is 0 Å². The van der Waals surface area contributed by atoms with Gasteiger partial charge in [0, 0.05) is 13.8 Å². The number of hydrogen-bond acceptors (Lipinski definition) is 4. The van der Waals surface area contributed by atoms with Gasteiger partial charge in [-0.25, -0.2) is 0 Å². The van der Waals surface area contributed by atoms with Crippen molar-refractivity contribution >= 4 is 0 Å². The predicted molar refractivity (Wildman–Crippen MR) is 48.2 cm³/mol. The fourth-order valence-electron chi connectivity index (χ4n) is 0.185. The van der Waals surface area contributed by atoms with E-state index in [1.54, 1.807) is 13.8 Å². The van der Waals surface area contributed by atoms with Crippen molar-refractivity contribution < 1.29 is 20.1 Å². The largest absolute Gasteiger partial charge is 0.394 e. The number of rotatable bonds is 2. The summed E-state index contributed by atoms with van der Waals surface area (Å²) in [6.45, 7) is 2.65. The van der Waals surface area contributed by atoms with Crippen LogP contribution in [0.5, 0.6) is 0 Å². The molecule has 4 heteroatoms. The van der Waals surface area contributed by atoms with Crippen LogP contribution < -0.4 is 0 Å². The second-order valence-corrected chi connectivity index (χ2v) is 1.83. The summed E-state index contributed by atoms with van der Waals surface area (Å²) in [5.74, 6) is 5.06. The Morgan fingerprint density at radius 3 is 1.62 bits per heavy atom. The Morgan fingerprint density at radius 2 is 1.46 bits per heavy atom. The molecule has 0 atom stereocenters. The van der Waals surface area contributed by atoms with Crippen LogP contribution >= 0.6 is 0 Å². The normalized spacial score (nSPS) is 6.92. The Labute approximate surface area is 78.2 Å². The Bertz CT molecular complexity index is 181. The standard InChI is InChI=1S/C6H6O.C3H8O3/c1-3-5-7-6-4-2;4-1-3(6)2-5/h1-2H3;3-6H,1-2H2. The molecule has 0 aromatic carbocycles. The molecule has 0 amide bonds. The van der Waals surface area contributed by atoms with E-state index in [4.69, 9.17) is 15.3 Å². The summed E-state index contributed by atoms with van der Waals surface area (Å²) in [6.07, 6.45) is 3.70. The van der Waals surface area contributed by atoms with Crippen molar-refractivity contribution in [3.63, 3.8) is 0 Å². The third-order valence-electron chi connectivity index (χ3n) is 0.728. The Morgan fingerprint density at radius 1 is 1.08 bits per heavy atom. The van der Waals surface area contributed by atoms with Crippen molar-refractivity contribution in [2.45, 2.75) is 20.0 Å². The van der Waals surface area contributed by atoms with Crippen LogP contribution in [0.15, 0.2) is 0 Å². The van der Waals surface area contributed by atoms with Crippen molar-refractivity contribution in [3.05, 3.63) is 0 Å². The number of aliphatic hydroxyl groups is 3. The van der Waals surface area contributed by atoms with E-state index >= 15 is 0 Å². The molecule has 0 unspecified atom stereocenters.